The number of anilines is 1. The molecule has 0 unspecified atom stereocenters. The van der Waals surface area contributed by atoms with Gasteiger partial charge in [0.2, 0.25) is 0 Å². The van der Waals surface area contributed by atoms with E-state index in [-0.39, 0.29) is 5.91 Å². The van der Waals surface area contributed by atoms with E-state index in [0.717, 1.165) is 28.7 Å². The molecular weight excluding hydrogens is 318 g/mol. The van der Waals surface area contributed by atoms with Crippen LogP contribution in [0.4, 0.5) is 5.69 Å². The van der Waals surface area contributed by atoms with Crippen LogP contribution in [0.15, 0.2) is 28.1 Å². The molecule has 0 saturated carbocycles. The van der Waals surface area contributed by atoms with Gasteiger partial charge < -0.3 is 4.90 Å². The number of likely N-dealkylation sites (N-methyl/N-ethyl adjacent to an activating group) is 1. The summed E-state index contributed by atoms with van der Waals surface area (Å²) >= 11 is 1.49. The van der Waals surface area contributed by atoms with Gasteiger partial charge in [-0.2, -0.15) is 0 Å². The number of benzene rings is 1. The molecule has 0 aromatic heterocycles. The number of hydrogen-bond acceptors (Lipinski definition) is 4. The van der Waals surface area contributed by atoms with Crippen LogP contribution in [0.2, 0.25) is 0 Å². The quantitative estimate of drug-likeness (QED) is 0.778. The molecule has 2 saturated heterocycles. The SMILES string of the molecule is CCN=C1S/C(=C\c2ccc(N3CCCC3)cc2C)C(=O)N1CC. The topological polar surface area (TPSA) is 35.9 Å². The molecule has 2 aliphatic heterocycles. The van der Waals surface area contributed by atoms with Crippen molar-refractivity contribution in [2.75, 3.05) is 31.1 Å². The third-order valence-corrected chi connectivity index (χ3v) is 5.55. The highest BCUT2D eigenvalue weighted by atomic mass is 32.2. The normalized spacial score (nSPS) is 21.5. The van der Waals surface area contributed by atoms with E-state index in [9.17, 15) is 4.79 Å². The van der Waals surface area contributed by atoms with Crippen molar-refractivity contribution >= 4 is 34.6 Å². The van der Waals surface area contributed by atoms with E-state index in [0.29, 0.717) is 13.1 Å². The molecule has 2 fully saturated rings. The van der Waals surface area contributed by atoms with Crippen LogP contribution in [0.25, 0.3) is 6.08 Å². The molecule has 2 heterocycles. The van der Waals surface area contributed by atoms with Crippen molar-refractivity contribution in [1.82, 2.24) is 4.90 Å². The molecule has 0 radical (unpaired) electrons. The summed E-state index contributed by atoms with van der Waals surface area (Å²) in [5.74, 6) is 0.0673. The Labute approximate surface area is 148 Å². The zero-order chi connectivity index (χ0) is 17.1. The molecule has 0 atom stereocenters. The van der Waals surface area contributed by atoms with Crippen LogP contribution >= 0.6 is 11.8 Å². The van der Waals surface area contributed by atoms with Crippen LogP contribution in [0.1, 0.15) is 37.8 Å². The molecule has 0 N–H and O–H groups in total. The van der Waals surface area contributed by atoms with Gasteiger partial charge in [0.15, 0.2) is 5.17 Å². The summed E-state index contributed by atoms with van der Waals surface area (Å²) in [6.07, 6.45) is 4.57. The Bertz CT molecular complexity index is 690. The molecule has 0 spiro atoms. The van der Waals surface area contributed by atoms with Gasteiger partial charge in [-0.15, -0.1) is 0 Å². The van der Waals surface area contributed by atoms with Gasteiger partial charge >= 0.3 is 0 Å². The zero-order valence-corrected chi connectivity index (χ0v) is 15.5. The van der Waals surface area contributed by atoms with Gasteiger partial charge in [0.05, 0.1) is 4.91 Å². The number of hydrogen-bond donors (Lipinski definition) is 0. The highest BCUT2D eigenvalue weighted by molar-refractivity contribution is 8.18. The maximum atomic E-state index is 12.6. The van der Waals surface area contributed by atoms with Crippen LogP contribution in [-0.4, -0.2) is 42.2 Å². The van der Waals surface area contributed by atoms with E-state index < -0.39 is 0 Å². The average molecular weight is 343 g/mol. The fourth-order valence-corrected chi connectivity index (χ4v) is 4.27. The largest absolute Gasteiger partial charge is 0.372 e. The molecule has 1 amide bonds. The molecule has 5 heteroatoms. The van der Waals surface area contributed by atoms with Gasteiger partial charge in [0, 0.05) is 31.9 Å². The summed E-state index contributed by atoms with van der Waals surface area (Å²) in [7, 11) is 0. The molecule has 1 aromatic carbocycles. The van der Waals surface area contributed by atoms with Gasteiger partial charge in [0.1, 0.15) is 0 Å². The van der Waals surface area contributed by atoms with E-state index in [4.69, 9.17) is 0 Å². The first-order valence-electron chi connectivity index (χ1n) is 8.75. The Balaban J connectivity index is 1.85. The lowest BCUT2D eigenvalue weighted by Gasteiger charge is -2.18. The minimum atomic E-state index is 0.0673. The number of aliphatic imine (C=N–C) groups is 1. The summed E-state index contributed by atoms with van der Waals surface area (Å²) < 4.78 is 0. The molecule has 128 valence electrons. The minimum absolute atomic E-state index is 0.0673. The third kappa shape index (κ3) is 3.36. The van der Waals surface area contributed by atoms with Crippen molar-refractivity contribution in [3.8, 4) is 0 Å². The smallest absolute Gasteiger partial charge is 0.266 e. The fourth-order valence-electron chi connectivity index (χ4n) is 3.18. The number of nitrogens with zero attached hydrogens (tertiary/aromatic N) is 3. The lowest BCUT2D eigenvalue weighted by molar-refractivity contribution is -0.122. The predicted octanol–water partition coefficient (Wildman–Crippen LogP) is 3.91. The highest BCUT2D eigenvalue weighted by Gasteiger charge is 2.31. The van der Waals surface area contributed by atoms with Gasteiger partial charge in [0.25, 0.3) is 5.91 Å². The van der Waals surface area contributed by atoms with E-state index in [1.165, 1.54) is 35.9 Å². The Morgan fingerprint density at radius 3 is 2.62 bits per heavy atom. The van der Waals surface area contributed by atoms with E-state index in [1.54, 1.807) is 4.90 Å². The number of carbonyl (C=O) groups is 1. The van der Waals surface area contributed by atoms with Gasteiger partial charge in [-0.25, -0.2) is 0 Å². The van der Waals surface area contributed by atoms with Crippen molar-refractivity contribution in [3.63, 3.8) is 0 Å². The number of aryl methyl sites for hydroxylation is 1. The molecule has 24 heavy (non-hydrogen) atoms. The number of carbonyl (C=O) groups excluding carboxylic acids is 1. The van der Waals surface area contributed by atoms with Gasteiger partial charge in [-0.1, -0.05) is 6.07 Å². The summed E-state index contributed by atoms with van der Waals surface area (Å²) in [5, 5.41) is 0.822. The molecule has 0 bridgehead atoms. The molecular formula is C19H25N3OS. The first kappa shape index (κ1) is 17.1. The lowest BCUT2D eigenvalue weighted by Crippen LogP contribution is -2.28. The second-order valence-electron chi connectivity index (χ2n) is 6.15. The highest BCUT2D eigenvalue weighted by Crippen LogP contribution is 2.33. The Hall–Kier alpha value is -1.75. The number of amides is 1. The second-order valence-corrected chi connectivity index (χ2v) is 7.16. The van der Waals surface area contributed by atoms with Crippen molar-refractivity contribution < 1.29 is 4.79 Å². The summed E-state index contributed by atoms with van der Waals surface area (Å²) in [5.41, 5.74) is 3.62. The monoisotopic (exact) mass is 343 g/mol. The summed E-state index contributed by atoms with van der Waals surface area (Å²) in [4.78, 5) is 22.0. The maximum Gasteiger partial charge on any atom is 0.266 e. The maximum absolute atomic E-state index is 12.6. The first-order valence-corrected chi connectivity index (χ1v) is 9.57. The van der Waals surface area contributed by atoms with Crippen molar-refractivity contribution in [1.29, 1.82) is 0 Å². The zero-order valence-electron chi connectivity index (χ0n) is 14.7. The van der Waals surface area contributed by atoms with E-state index in [2.05, 4.69) is 35.0 Å². The third-order valence-electron chi connectivity index (χ3n) is 4.51. The van der Waals surface area contributed by atoms with Crippen LogP contribution in [0, 0.1) is 6.92 Å². The Morgan fingerprint density at radius 1 is 1.25 bits per heavy atom. The number of rotatable bonds is 4. The summed E-state index contributed by atoms with van der Waals surface area (Å²) in [6.45, 7) is 9.76. The van der Waals surface area contributed by atoms with Crippen LogP contribution in [0.5, 0.6) is 0 Å². The minimum Gasteiger partial charge on any atom is -0.372 e. The number of amidine groups is 1. The van der Waals surface area contributed by atoms with Crippen LogP contribution < -0.4 is 4.90 Å². The van der Waals surface area contributed by atoms with Gasteiger partial charge in [-0.3, -0.25) is 14.7 Å². The summed E-state index contributed by atoms with van der Waals surface area (Å²) in [6, 6.07) is 6.54. The van der Waals surface area contributed by atoms with Crippen molar-refractivity contribution in [2.24, 2.45) is 4.99 Å². The fraction of sp³-hybridized carbons (Fsp3) is 0.474. The average Bonchev–Trinajstić information content (AvgIpc) is 3.19. The van der Waals surface area contributed by atoms with E-state index in [1.807, 2.05) is 19.9 Å². The molecule has 4 nitrogen and oxygen atoms in total. The molecule has 0 aliphatic carbocycles. The Morgan fingerprint density at radius 2 is 2.00 bits per heavy atom. The Kier molecular flexibility index (Phi) is 5.29. The second kappa shape index (κ2) is 7.43. The van der Waals surface area contributed by atoms with Crippen molar-refractivity contribution in [3.05, 3.63) is 34.2 Å². The first-order chi connectivity index (χ1) is 11.6. The van der Waals surface area contributed by atoms with Crippen LogP contribution in [-0.2, 0) is 4.79 Å². The van der Waals surface area contributed by atoms with Crippen LogP contribution in [0.3, 0.4) is 0 Å². The standard InChI is InChI=1S/C19H25N3OS/c1-4-20-19-22(5-2)18(23)17(24-19)13-15-8-9-16(12-14(15)3)21-10-6-7-11-21/h8-9,12-13H,4-7,10-11H2,1-3H3/b17-13-,20-19?. The van der Waals surface area contributed by atoms with E-state index >= 15 is 0 Å². The number of thioether (sulfide) groups is 1. The molecule has 2 aliphatic rings. The van der Waals surface area contributed by atoms with Crippen molar-refractivity contribution in [2.45, 2.75) is 33.6 Å². The molecule has 3 rings (SSSR count). The predicted molar refractivity (Wildman–Crippen MR) is 104 cm³/mol. The van der Waals surface area contributed by atoms with Gasteiger partial charge in [-0.05, 0) is 74.7 Å². The molecule has 1 aromatic rings. The lowest BCUT2D eigenvalue weighted by atomic mass is 10.1.